The third-order valence-corrected chi connectivity index (χ3v) is 7.61. The number of nitro groups is 1. The summed E-state index contributed by atoms with van der Waals surface area (Å²) < 4.78 is 54.1. The molecule has 2 N–H and O–H groups in total. The van der Waals surface area contributed by atoms with Crippen molar-refractivity contribution in [2.45, 2.75) is 43.9 Å². The summed E-state index contributed by atoms with van der Waals surface area (Å²) in [5.41, 5.74) is 2.40. The second-order valence-electron chi connectivity index (χ2n) is 10.4. The Balaban J connectivity index is 1.25. The van der Waals surface area contributed by atoms with E-state index in [1.54, 1.807) is 30.3 Å². The third-order valence-electron chi connectivity index (χ3n) is 7.61. The molecule has 2 aliphatic rings. The molecule has 6 rings (SSSR count). The Morgan fingerprint density at radius 2 is 1.77 bits per heavy atom. The Bertz CT molecular complexity index is 1700. The monoisotopic (exact) mass is 593 g/mol. The van der Waals surface area contributed by atoms with Crippen molar-refractivity contribution in [3.05, 3.63) is 99.2 Å². The molecular weight excluding hydrogens is 567 g/mol. The molecule has 10 nitrogen and oxygen atoms in total. The Morgan fingerprint density at radius 3 is 2.49 bits per heavy atom. The number of aromatic nitrogens is 2. The number of halogens is 3. The summed E-state index contributed by atoms with van der Waals surface area (Å²) in [6.45, 7) is 0. The van der Waals surface area contributed by atoms with E-state index >= 15 is 0 Å². The third kappa shape index (κ3) is 5.83. The molecule has 13 heteroatoms. The van der Waals surface area contributed by atoms with Gasteiger partial charge in [-0.05, 0) is 60.2 Å². The first kappa shape index (κ1) is 28.1. The van der Waals surface area contributed by atoms with Gasteiger partial charge in [-0.25, -0.2) is 4.68 Å². The maximum absolute atomic E-state index is 14.1. The zero-order chi connectivity index (χ0) is 30.3. The van der Waals surface area contributed by atoms with Crippen LogP contribution in [-0.2, 0) is 12.8 Å². The van der Waals surface area contributed by atoms with Gasteiger partial charge in [-0.15, -0.1) is 0 Å². The molecule has 1 aliphatic carbocycles. The summed E-state index contributed by atoms with van der Waals surface area (Å²) in [5, 5.41) is 21.1. The van der Waals surface area contributed by atoms with Crippen LogP contribution in [0.2, 0.25) is 0 Å². The van der Waals surface area contributed by atoms with Gasteiger partial charge in [-0.2, -0.15) is 18.3 Å². The van der Waals surface area contributed by atoms with Gasteiger partial charge in [0.1, 0.15) is 23.1 Å². The minimum absolute atomic E-state index is 0.0132. The van der Waals surface area contributed by atoms with Crippen LogP contribution in [0.3, 0.4) is 0 Å². The molecule has 0 spiro atoms. The first-order valence-electron chi connectivity index (χ1n) is 13.5. The van der Waals surface area contributed by atoms with Crippen LogP contribution in [0.1, 0.15) is 52.1 Å². The number of carbonyl (C=O) groups is 1. The average Bonchev–Trinajstić information content (AvgIpc) is 3.63. The van der Waals surface area contributed by atoms with Crippen molar-refractivity contribution >= 4 is 23.1 Å². The van der Waals surface area contributed by atoms with Gasteiger partial charge in [0.25, 0.3) is 11.6 Å². The number of carbonyl (C=O) groups excluding carboxylic acids is 1. The van der Waals surface area contributed by atoms with E-state index in [0.29, 0.717) is 17.1 Å². The molecule has 0 bridgehead atoms. The van der Waals surface area contributed by atoms with Crippen molar-refractivity contribution < 1.29 is 32.4 Å². The lowest BCUT2D eigenvalue weighted by atomic mass is 9.97. The predicted octanol–water partition coefficient (Wildman–Crippen LogP) is 6.99. The lowest BCUT2D eigenvalue weighted by molar-refractivity contribution is -0.384. The summed E-state index contributed by atoms with van der Waals surface area (Å²) in [5.74, 6) is 0.357. The van der Waals surface area contributed by atoms with E-state index in [0.717, 1.165) is 35.6 Å². The standard InChI is InChI=1S/C30H26F3N5O5/c1-42-22-8-6-18(7-9-22)25-15-27(30(31,32)33)37-28(35-25)16-26(36-37)29(39)34-20-12-21(38(40)41)14-24(13-20)43-23-10-5-17-3-2-4-19(17)11-23/h5-14,16,25,27,35H,2-4,15H2,1H3,(H,34,39)/t25-,27+/m1/s1. The molecule has 0 saturated heterocycles. The Morgan fingerprint density at radius 1 is 1.02 bits per heavy atom. The molecule has 0 saturated carbocycles. The number of nitrogens with zero attached hydrogens (tertiary/aromatic N) is 3. The van der Waals surface area contributed by atoms with Crippen LogP contribution in [0.4, 0.5) is 30.4 Å². The van der Waals surface area contributed by atoms with E-state index in [9.17, 15) is 28.1 Å². The lowest BCUT2D eigenvalue weighted by Gasteiger charge is -2.33. The number of nitro benzene ring substituents is 1. The van der Waals surface area contributed by atoms with Gasteiger partial charge >= 0.3 is 6.18 Å². The number of alkyl halides is 3. The van der Waals surface area contributed by atoms with Crippen molar-refractivity contribution in [3.63, 3.8) is 0 Å². The fraction of sp³-hybridized carbons (Fsp3) is 0.267. The highest BCUT2D eigenvalue weighted by Gasteiger charge is 2.46. The number of benzene rings is 3. The Hall–Kier alpha value is -5.07. The summed E-state index contributed by atoms with van der Waals surface area (Å²) in [4.78, 5) is 24.2. The molecular formula is C30H26F3N5O5. The molecule has 0 unspecified atom stereocenters. The molecule has 43 heavy (non-hydrogen) atoms. The van der Waals surface area contributed by atoms with Crippen LogP contribution in [0, 0.1) is 10.1 Å². The molecule has 3 aromatic carbocycles. The van der Waals surface area contributed by atoms with E-state index in [1.807, 2.05) is 12.1 Å². The molecule has 1 amide bonds. The highest BCUT2D eigenvalue weighted by atomic mass is 19.4. The van der Waals surface area contributed by atoms with Crippen LogP contribution >= 0.6 is 0 Å². The zero-order valence-electron chi connectivity index (χ0n) is 22.9. The number of aryl methyl sites for hydroxylation is 2. The highest BCUT2D eigenvalue weighted by molar-refractivity contribution is 6.03. The molecule has 4 aromatic rings. The molecule has 2 atom stereocenters. The van der Waals surface area contributed by atoms with Gasteiger partial charge in [-0.3, -0.25) is 14.9 Å². The van der Waals surface area contributed by atoms with Crippen LogP contribution < -0.4 is 20.1 Å². The van der Waals surface area contributed by atoms with E-state index in [-0.39, 0.29) is 35.1 Å². The van der Waals surface area contributed by atoms with Crippen LogP contribution in [0.25, 0.3) is 0 Å². The van der Waals surface area contributed by atoms with Crippen LogP contribution in [0.15, 0.2) is 66.7 Å². The highest BCUT2D eigenvalue weighted by Crippen LogP contribution is 2.44. The second kappa shape index (κ2) is 11.0. The second-order valence-corrected chi connectivity index (χ2v) is 10.4. The van der Waals surface area contributed by atoms with Crippen LogP contribution in [-0.4, -0.2) is 33.9 Å². The van der Waals surface area contributed by atoms with Gasteiger partial charge in [0.15, 0.2) is 11.7 Å². The molecule has 0 fully saturated rings. The van der Waals surface area contributed by atoms with Gasteiger partial charge in [0.2, 0.25) is 0 Å². The summed E-state index contributed by atoms with van der Waals surface area (Å²) in [6, 6.07) is 14.6. The van der Waals surface area contributed by atoms with Crippen molar-refractivity contribution in [3.8, 4) is 17.2 Å². The first-order valence-corrected chi connectivity index (χ1v) is 13.5. The largest absolute Gasteiger partial charge is 0.497 e. The average molecular weight is 594 g/mol. The predicted molar refractivity (Wildman–Crippen MR) is 151 cm³/mol. The van der Waals surface area contributed by atoms with Gasteiger partial charge in [-0.1, -0.05) is 18.2 Å². The van der Waals surface area contributed by atoms with Crippen LogP contribution in [0.5, 0.6) is 17.2 Å². The lowest BCUT2D eigenvalue weighted by Crippen LogP contribution is -2.35. The van der Waals surface area contributed by atoms with Gasteiger partial charge in [0.05, 0.1) is 29.8 Å². The number of methoxy groups -OCH3 is 1. The number of hydrogen-bond donors (Lipinski definition) is 2. The summed E-state index contributed by atoms with van der Waals surface area (Å²) >= 11 is 0. The maximum Gasteiger partial charge on any atom is 0.410 e. The minimum Gasteiger partial charge on any atom is -0.497 e. The van der Waals surface area contributed by atoms with Crippen molar-refractivity contribution in [2.24, 2.45) is 0 Å². The van der Waals surface area contributed by atoms with E-state index in [2.05, 4.69) is 15.7 Å². The fourth-order valence-corrected chi connectivity index (χ4v) is 5.50. The molecule has 222 valence electrons. The van der Waals surface area contributed by atoms with Crippen molar-refractivity contribution in [1.82, 2.24) is 9.78 Å². The summed E-state index contributed by atoms with van der Waals surface area (Å²) in [7, 11) is 1.49. The normalized spacial score (nSPS) is 17.4. The molecule has 0 radical (unpaired) electrons. The number of ether oxygens (including phenoxy) is 2. The summed E-state index contributed by atoms with van der Waals surface area (Å²) in [6.07, 6.45) is -2.03. The molecule has 2 heterocycles. The number of hydrogen-bond acceptors (Lipinski definition) is 7. The quantitative estimate of drug-likeness (QED) is 0.175. The van der Waals surface area contributed by atoms with E-state index in [4.69, 9.17) is 9.47 Å². The molecule has 1 aromatic heterocycles. The zero-order valence-corrected chi connectivity index (χ0v) is 22.9. The number of nitrogens with one attached hydrogen (secondary N) is 2. The number of fused-ring (bicyclic) bond motifs is 2. The maximum atomic E-state index is 14.1. The molecule has 1 aliphatic heterocycles. The van der Waals surface area contributed by atoms with Crippen molar-refractivity contribution in [1.29, 1.82) is 0 Å². The van der Waals surface area contributed by atoms with E-state index in [1.165, 1.54) is 30.9 Å². The number of amides is 1. The fourth-order valence-electron chi connectivity index (χ4n) is 5.50. The first-order chi connectivity index (χ1) is 20.6. The Kier molecular flexibility index (Phi) is 7.16. The number of non-ortho nitro benzene ring substituents is 1. The SMILES string of the molecule is COc1ccc([C@H]2C[C@@H](C(F)(F)F)n3nc(C(=O)Nc4cc(Oc5ccc6c(c5)CCC6)cc([N+](=O)[O-])c4)cc3N2)cc1. The van der Waals surface area contributed by atoms with Gasteiger partial charge < -0.3 is 20.1 Å². The smallest absolute Gasteiger partial charge is 0.410 e. The minimum atomic E-state index is -4.63. The number of anilines is 2. The topological polar surface area (TPSA) is 121 Å². The van der Waals surface area contributed by atoms with E-state index < -0.39 is 29.1 Å². The van der Waals surface area contributed by atoms with Gasteiger partial charge in [0, 0.05) is 24.6 Å². The number of rotatable bonds is 7. The van der Waals surface area contributed by atoms with Crippen molar-refractivity contribution in [2.75, 3.05) is 17.7 Å². The Labute approximate surface area is 243 Å².